The summed E-state index contributed by atoms with van der Waals surface area (Å²) in [6.07, 6.45) is 5.14. The lowest BCUT2D eigenvalue weighted by atomic mass is 9.65. The molecule has 0 bridgehead atoms. The minimum absolute atomic E-state index is 0.0214. The average Bonchev–Trinajstić information content (AvgIpc) is 3.38. The van der Waals surface area contributed by atoms with Crippen molar-refractivity contribution >= 4 is 49.8 Å². The van der Waals surface area contributed by atoms with E-state index in [2.05, 4.69) is 58.7 Å². The number of hydrogen-bond donors (Lipinski definition) is 0. The fourth-order valence-corrected chi connectivity index (χ4v) is 9.86. The van der Waals surface area contributed by atoms with Gasteiger partial charge >= 0.3 is 5.92 Å². The van der Waals surface area contributed by atoms with Crippen molar-refractivity contribution in [3.8, 4) is 0 Å². The Bertz CT molecular complexity index is 3630. The van der Waals surface area contributed by atoms with E-state index in [1.165, 1.54) is 52.0 Å². The summed E-state index contributed by atoms with van der Waals surface area (Å²) >= 11 is 0. The molecule has 3 aliphatic rings. The van der Waals surface area contributed by atoms with Crippen molar-refractivity contribution in [2.75, 3.05) is 0 Å². The quantitative estimate of drug-likeness (QED) is 0.166. The number of nitrogens with zero attached hydrogens (tertiary/aromatic N) is 6. The van der Waals surface area contributed by atoms with Crippen LogP contribution in [0.3, 0.4) is 0 Å². The van der Waals surface area contributed by atoms with E-state index >= 15 is 0 Å². The van der Waals surface area contributed by atoms with Gasteiger partial charge in [0.15, 0.2) is 0 Å². The Balaban J connectivity index is 0.000000127. The minimum Gasteiger partial charge on any atom is -0.277 e. The van der Waals surface area contributed by atoms with Gasteiger partial charge in [0.1, 0.15) is 22.7 Å². The fraction of sp³-hybridized carbons (Fsp3) is 0.226. The molecule has 0 saturated carbocycles. The Kier molecular flexibility index (Phi) is 12.1. The van der Waals surface area contributed by atoms with Gasteiger partial charge in [0.2, 0.25) is 0 Å². The summed E-state index contributed by atoms with van der Waals surface area (Å²) < 4.78 is 88.3. The third-order valence-corrected chi connectivity index (χ3v) is 14.8. The van der Waals surface area contributed by atoms with Crippen LogP contribution >= 0.6 is 0 Å². The molecule has 3 aliphatic heterocycles. The number of halogens is 6. The normalized spacial score (nSPS) is 17.9. The van der Waals surface area contributed by atoms with Crippen LogP contribution in [-0.4, -0.2) is 48.7 Å². The van der Waals surface area contributed by atoms with Crippen molar-refractivity contribution in [3.63, 3.8) is 0 Å². The molecule has 0 aliphatic carbocycles. The summed E-state index contributed by atoms with van der Waals surface area (Å²) in [5.74, 6) is -7.51. The van der Waals surface area contributed by atoms with E-state index in [9.17, 15) is 26.3 Å². The maximum absolute atomic E-state index is 14.8. The van der Waals surface area contributed by atoms with Gasteiger partial charge in [-0.25, -0.2) is 8.78 Å². The van der Waals surface area contributed by atoms with Gasteiger partial charge in [-0.2, -0.15) is 17.6 Å². The maximum atomic E-state index is 14.8. The molecule has 0 N–H and O–H groups in total. The summed E-state index contributed by atoms with van der Waals surface area (Å²) in [4.78, 5) is 27.1. The predicted molar refractivity (Wildman–Crippen MR) is 284 cm³/mol. The molecule has 12 rings (SSSR count). The predicted octanol–water partition coefficient (Wildman–Crippen LogP) is 15.3. The topological polar surface area (TPSA) is 75.8 Å². The molecule has 6 aromatic carbocycles. The van der Waals surface area contributed by atoms with E-state index in [1.54, 1.807) is 36.7 Å². The number of pyridine rings is 3. The van der Waals surface area contributed by atoms with Crippen LogP contribution in [-0.2, 0) is 17.3 Å². The molecule has 0 saturated heterocycles. The highest BCUT2D eigenvalue weighted by Gasteiger charge is 2.55. The number of hydrogen-bond acceptors (Lipinski definition) is 6. The number of para-hydroxylation sites is 3. The van der Waals surface area contributed by atoms with Gasteiger partial charge < -0.3 is 0 Å². The summed E-state index contributed by atoms with van der Waals surface area (Å²) in [5.41, 5.74) is 4.11. The lowest BCUT2D eigenvalue weighted by Gasteiger charge is -2.44. The van der Waals surface area contributed by atoms with E-state index in [-0.39, 0.29) is 16.9 Å². The average molecular weight is 995 g/mol. The largest absolute Gasteiger partial charge is 0.300 e. The molecule has 0 fully saturated rings. The molecule has 0 radical (unpaired) electrons. The van der Waals surface area contributed by atoms with Gasteiger partial charge in [0.25, 0.3) is 5.92 Å². The van der Waals surface area contributed by atoms with Gasteiger partial charge in [-0.3, -0.25) is 29.9 Å². The summed E-state index contributed by atoms with van der Waals surface area (Å²) in [5, 5.41) is 2.89. The van der Waals surface area contributed by atoms with Crippen LogP contribution in [0.25, 0.3) is 32.7 Å². The van der Waals surface area contributed by atoms with Gasteiger partial charge in [0.05, 0.1) is 44.8 Å². The molecule has 0 spiro atoms. The first-order valence-corrected chi connectivity index (χ1v) is 24.3. The van der Waals surface area contributed by atoms with Crippen molar-refractivity contribution in [2.45, 2.75) is 89.3 Å². The zero-order valence-corrected chi connectivity index (χ0v) is 42.1. The van der Waals surface area contributed by atoms with E-state index < -0.39 is 45.3 Å². The third kappa shape index (κ3) is 8.34. The molecule has 372 valence electrons. The lowest BCUT2D eigenvalue weighted by Crippen LogP contribution is -2.46. The van der Waals surface area contributed by atoms with Gasteiger partial charge in [0, 0.05) is 84.7 Å². The van der Waals surface area contributed by atoms with Gasteiger partial charge in [-0.15, -0.1) is 0 Å². The van der Waals surface area contributed by atoms with Crippen molar-refractivity contribution in [2.24, 2.45) is 15.0 Å². The molecule has 0 unspecified atom stereocenters. The Morgan fingerprint density at radius 1 is 0.351 bits per heavy atom. The van der Waals surface area contributed by atoms with Crippen molar-refractivity contribution in [3.05, 3.63) is 232 Å². The summed E-state index contributed by atoms with van der Waals surface area (Å²) in [6.45, 7) is 13.8. The van der Waals surface area contributed by atoms with Crippen LogP contribution in [0.15, 0.2) is 185 Å². The van der Waals surface area contributed by atoms with Gasteiger partial charge in [-0.1, -0.05) is 117 Å². The molecule has 0 atom stereocenters. The van der Waals surface area contributed by atoms with Crippen molar-refractivity contribution in [1.29, 1.82) is 0 Å². The molecule has 74 heavy (non-hydrogen) atoms. The van der Waals surface area contributed by atoms with Crippen LogP contribution in [0.5, 0.6) is 0 Å². The third-order valence-electron chi connectivity index (χ3n) is 14.8. The van der Waals surface area contributed by atoms with E-state index in [4.69, 9.17) is 4.99 Å². The van der Waals surface area contributed by atoms with Crippen LogP contribution in [0.4, 0.5) is 26.3 Å². The maximum Gasteiger partial charge on any atom is 0.300 e. The molecule has 0 amide bonds. The van der Waals surface area contributed by atoms with Crippen molar-refractivity contribution < 1.29 is 26.3 Å². The Labute approximate surface area is 425 Å². The molecule has 12 heteroatoms. The second-order valence-corrected chi connectivity index (χ2v) is 21.0. The number of fused-ring (bicyclic) bond motifs is 6. The standard InChI is InChI=1S/C22H21FN2.C20H15F3N2.C20H16F2N2/c1-21(2)19-16(9-7-10-17(19)23)20(25-22(21,3)4)15-12-14-8-5-6-11-18(14)24-13-15;1-19(2)20(22,23)17-14(7-5-8-15(17)21)18(25-19)13-10-12-6-3-4-9-16(12)24-11-13;1-19(2)20(21,22)16-9-5-4-8-15(16)18(24-19)14-11-13-7-3-6-10-17(13)23-12-14/h5-13H,1-4H3;3-11H,1-2H3;3-12H,1-2H3. The monoisotopic (exact) mass is 994 g/mol. The van der Waals surface area contributed by atoms with Crippen LogP contribution in [0.1, 0.15) is 105 Å². The number of aromatic nitrogens is 3. The van der Waals surface area contributed by atoms with Gasteiger partial charge in [-0.05, 0) is 90.1 Å². The highest BCUT2D eigenvalue weighted by Crippen LogP contribution is 2.49. The zero-order valence-electron chi connectivity index (χ0n) is 42.1. The van der Waals surface area contributed by atoms with Crippen LogP contribution in [0, 0.1) is 11.6 Å². The summed E-state index contributed by atoms with van der Waals surface area (Å²) in [6, 6.07) is 45.0. The van der Waals surface area contributed by atoms with E-state index in [1.807, 2.05) is 97.2 Å². The highest BCUT2D eigenvalue weighted by molar-refractivity contribution is 6.17. The first-order chi connectivity index (χ1) is 35.0. The van der Waals surface area contributed by atoms with E-state index in [0.717, 1.165) is 66.7 Å². The minimum atomic E-state index is -3.40. The number of alkyl halides is 4. The highest BCUT2D eigenvalue weighted by atomic mass is 19.3. The molecule has 3 aromatic heterocycles. The second-order valence-electron chi connectivity index (χ2n) is 21.0. The molecule has 9 aromatic rings. The Morgan fingerprint density at radius 3 is 1.18 bits per heavy atom. The summed E-state index contributed by atoms with van der Waals surface area (Å²) in [7, 11) is 0. The SMILES string of the molecule is CC1(C)N=C(c2cnc3ccccc3c2)c2cccc(F)c2C1(C)C.CC1(C)N=C(c2cnc3ccccc3c2)c2cccc(F)c2C1(F)F.CC1(C)N=C(c2cnc3ccccc3c2)c2ccccc2C1(F)F. The molecular weight excluding hydrogens is 943 g/mol. The Hall–Kier alpha value is -7.86. The molecular formula is C62H52F6N6. The number of benzene rings is 6. The second kappa shape index (κ2) is 18.0. The van der Waals surface area contributed by atoms with E-state index in [0.29, 0.717) is 22.6 Å². The van der Waals surface area contributed by atoms with Crippen molar-refractivity contribution in [1.82, 2.24) is 15.0 Å². The molecule has 6 nitrogen and oxygen atoms in total. The van der Waals surface area contributed by atoms with Crippen LogP contribution in [0.2, 0.25) is 0 Å². The number of aliphatic imine (C=N–C) groups is 3. The lowest BCUT2D eigenvalue weighted by molar-refractivity contribution is -0.0710. The first kappa shape index (κ1) is 49.7. The number of rotatable bonds is 3. The molecule has 6 heterocycles. The zero-order chi connectivity index (χ0) is 52.6. The fourth-order valence-electron chi connectivity index (χ4n) is 9.86. The Morgan fingerprint density at radius 2 is 0.703 bits per heavy atom. The van der Waals surface area contributed by atoms with Crippen LogP contribution < -0.4 is 0 Å². The smallest absolute Gasteiger partial charge is 0.277 e. The first-order valence-electron chi connectivity index (χ1n) is 24.3.